The van der Waals surface area contributed by atoms with Gasteiger partial charge in [0, 0.05) is 13.1 Å². The smallest absolute Gasteiger partial charge is 0.243 e. The molecular weight excluding hydrogens is 412 g/mol. The third kappa shape index (κ3) is 4.95. The number of carbonyl (C=O) groups excluding carboxylic acids is 1. The quantitative estimate of drug-likeness (QED) is 0.617. The highest BCUT2D eigenvalue weighted by Gasteiger charge is 2.33. The Hall–Kier alpha value is -3.16. The number of amides is 1. The van der Waals surface area contributed by atoms with Gasteiger partial charge in [-0.15, -0.1) is 0 Å². The number of benzene rings is 3. The second-order valence-electron chi connectivity index (χ2n) is 7.42. The van der Waals surface area contributed by atoms with E-state index in [4.69, 9.17) is 4.74 Å². The summed E-state index contributed by atoms with van der Waals surface area (Å²) in [5.74, 6) is 0.558. The van der Waals surface area contributed by atoms with E-state index >= 15 is 0 Å². The van der Waals surface area contributed by atoms with E-state index in [0.717, 1.165) is 0 Å². The van der Waals surface area contributed by atoms with Crippen molar-refractivity contribution in [3.8, 4) is 11.5 Å². The second-order valence-corrected chi connectivity index (χ2v) is 9.35. The van der Waals surface area contributed by atoms with Crippen molar-refractivity contribution >= 4 is 21.6 Å². The maximum Gasteiger partial charge on any atom is 0.243 e. The fourth-order valence-electron chi connectivity index (χ4n) is 3.63. The van der Waals surface area contributed by atoms with E-state index in [1.807, 2.05) is 42.5 Å². The lowest BCUT2D eigenvalue weighted by Gasteiger charge is -2.31. The van der Waals surface area contributed by atoms with E-state index in [-0.39, 0.29) is 17.3 Å². The number of nitrogens with zero attached hydrogens (tertiary/aromatic N) is 1. The van der Waals surface area contributed by atoms with E-state index in [0.29, 0.717) is 36.6 Å². The molecule has 1 heterocycles. The molecule has 0 bridgehead atoms. The van der Waals surface area contributed by atoms with Crippen LogP contribution in [0, 0.1) is 5.92 Å². The Morgan fingerprint density at radius 2 is 1.55 bits per heavy atom. The monoisotopic (exact) mass is 436 g/mol. The van der Waals surface area contributed by atoms with E-state index < -0.39 is 15.9 Å². The molecule has 3 aromatic rings. The third-order valence-electron chi connectivity index (χ3n) is 5.25. The van der Waals surface area contributed by atoms with Crippen molar-refractivity contribution in [2.75, 3.05) is 18.4 Å². The summed E-state index contributed by atoms with van der Waals surface area (Å²) in [6.45, 7) is 0.569. The first kappa shape index (κ1) is 21.1. The molecule has 3 aromatic carbocycles. The van der Waals surface area contributed by atoms with Gasteiger partial charge in [0.15, 0.2) is 5.75 Å². The van der Waals surface area contributed by atoms with Crippen molar-refractivity contribution in [2.24, 2.45) is 5.92 Å². The number of hydrogen-bond donors (Lipinski definition) is 1. The fraction of sp³-hybridized carbons (Fsp3) is 0.208. The van der Waals surface area contributed by atoms with Crippen molar-refractivity contribution in [3.05, 3.63) is 84.9 Å². The fourth-order valence-corrected chi connectivity index (χ4v) is 5.17. The molecule has 4 rings (SSSR count). The summed E-state index contributed by atoms with van der Waals surface area (Å²) in [5, 5.41) is 2.93. The maximum absolute atomic E-state index is 13.0. The highest BCUT2D eigenvalue weighted by atomic mass is 32.2. The minimum Gasteiger partial charge on any atom is -0.455 e. The summed E-state index contributed by atoms with van der Waals surface area (Å²) >= 11 is 0. The predicted octanol–water partition coefficient (Wildman–Crippen LogP) is 4.52. The molecular formula is C24H24N2O4S. The first-order chi connectivity index (χ1) is 15.0. The molecule has 7 heteroatoms. The molecule has 1 aliphatic heterocycles. The van der Waals surface area contributed by atoms with Crippen LogP contribution in [0.3, 0.4) is 0 Å². The Morgan fingerprint density at radius 1 is 0.903 bits per heavy atom. The van der Waals surface area contributed by atoms with Crippen LogP contribution in [-0.2, 0) is 14.8 Å². The number of ether oxygens (including phenoxy) is 1. The molecule has 1 N–H and O–H groups in total. The zero-order valence-electron chi connectivity index (χ0n) is 17.0. The number of sulfonamides is 1. The van der Waals surface area contributed by atoms with Gasteiger partial charge in [0.1, 0.15) is 5.75 Å². The number of carbonyl (C=O) groups is 1. The molecule has 0 radical (unpaired) electrons. The van der Waals surface area contributed by atoms with Gasteiger partial charge in [0.25, 0.3) is 0 Å². The Labute approximate surface area is 182 Å². The summed E-state index contributed by atoms with van der Waals surface area (Å²) in [6, 6.07) is 24.9. The van der Waals surface area contributed by atoms with Crippen LogP contribution in [0.1, 0.15) is 12.8 Å². The molecule has 0 aromatic heterocycles. The van der Waals surface area contributed by atoms with Crippen LogP contribution in [0.15, 0.2) is 89.8 Å². The van der Waals surface area contributed by atoms with Gasteiger partial charge in [0.05, 0.1) is 16.5 Å². The molecule has 1 amide bonds. The van der Waals surface area contributed by atoms with Gasteiger partial charge in [-0.2, -0.15) is 4.31 Å². The molecule has 1 fully saturated rings. The molecule has 0 saturated carbocycles. The van der Waals surface area contributed by atoms with Crippen LogP contribution < -0.4 is 10.1 Å². The molecule has 1 aliphatic rings. The second kappa shape index (κ2) is 9.32. The van der Waals surface area contributed by atoms with Crippen LogP contribution in [0.5, 0.6) is 11.5 Å². The van der Waals surface area contributed by atoms with Gasteiger partial charge in [0.2, 0.25) is 15.9 Å². The van der Waals surface area contributed by atoms with Crippen LogP contribution >= 0.6 is 0 Å². The number of piperidine rings is 1. The number of rotatable bonds is 6. The van der Waals surface area contributed by atoms with E-state index in [2.05, 4.69) is 5.32 Å². The van der Waals surface area contributed by atoms with Gasteiger partial charge < -0.3 is 10.1 Å². The Bertz CT molecular complexity index is 1130. The van der Waals surface area contributed by atoms with Gasteiger partial charge in [-0.3, -0.25) is 4.79 Å². The molecule has 31 heavy (non-hydrogen) atoms. The van der Waals surface area contributed by atoms with Crippen molar-refractivity contribution in [3.63, 3.8) is 0 Å². The number of para-hydroxylation sites is 3. The first-order valence-corrected chi connectivity index (χ1v) is 11.7. The first-order valence-electron chi connectivity index (χ1n) is 10.2. The Kier molecular flexibility index (Phi) is 6.34. The van der Waals surface area contributed by atoms with Gasteiger partial charge in [-0.25, -0.2) is 8.42 Å². The SMILES string of the molecule is O=C(Nc1ccccc1Oc1ccccc1)[C@H]1CCCN(S(=O)(=O)c2ccccc2)C1. The standard InChI is InChI=1S/C24H24N2O4S/c27-24(25-22-15-7-8-16-23(22)30-20-11-3-1-4-12-20)19-10-9-17-26(18-19)31(28,29)21-13-5-2-6-14-21/h1-8,11-16,19H,9-10,17-18H2,(H,25,27)/t19-/m0/s1. The average molecular weight is 437 g/mol. The van der Waals surface area contributed by atoms with E-state index in [1.165, 1.54) is 4.31 Å². The summed E-state index contributed by atoms with van der Waals surface area (Å²) < 4.78 is 33.2. The lowest BCUT2D eigenvalue weighted by atomic mass is 9.98. The minimum atomic E-state index is -3.62. The number of nitrogens with one attached hydrogen (secondary N) is 1. The molecule has 6 nitrogen and oxygen atoms in total. The zero-order valence-corrected chi connectivity index (χ0v) is 17.8. The van der Waals surface area contributed by atoms with Gasteiger partial charge in [-0.1, -0.05) is 48.5 Å². The molecule has 0 aliphatic carbocycles. The van der Waals surface area contributed by atoms with Crippen molar-refractivity contribution in [1.29, 1.82) is 0 Å². The molecule has 0 spiro atoms. The lowest BCUT2D eigenvalue weighted by Crippen LogP contribution is -2.43. The maximum atomic E-state index is 13.0. The summed E-state index contributed by atoms with van der Waals surface area (Å²) in [6.07, 6.45) is 1.26. The number of anilines is 1. The highest BCUT2D eigenvalue weighted by molar-refractivity contribution is 7.89. The summed E-state index contributed by atoms with van der Waals surface area (Å²) in [4.78, 5) is 13.2. The van der Waals surface area contributed by atoms with E-state index in [9.17, 15) is 13.2 Å². The third-order valence-corrected chi connectivity index (χ3v) is 7.13. The molecule has 160 valence electrons. The number of hydrogen-bond acceptors (Lipinski definition) is 4. The topological polar surface area (TPSA) is 75.7 Å². The summed E-state index contributed by atoms with van der Waals surface area (Å²) in [7, 11) is -3.62. The minimum absolute atomic E-state index is 0.158. The molecule has 0 unspecified atom stereocenters. The van der Waals surface area contributed by atoms with Gasteiger partial charge in [-0.05, 0) is 49.2 Å². The van der Waals surface area contributed by atoms with Crippen molar-refractivity contribution in [1.82, 2.24) is 4.31 Å². The molecule has 1 atom stereocenters. The van der Waals surface area contributed by atoms with Gasteiger partial charge >= 0.3 is 0 Å². The Morgan fingerprint density at radius 3 is 2.29 bits per heavy atom. The largest absolute Gasteiger partial charge is 0.455 e. The lowest BCUT2D eigenvalue weighted by molar-refractivity contribution is -0.120. The van der Waals surface area contributed by atoms with Crippen LogP contribution in [0.4, 0.5) is 5.69 Å². The molecule has 1 saturated heterocycles. The normalized spacial score (nSPS) is 17.1. The Balaban J connectivity index is 1.47. The zero-order chi connectivity index (χ0) is 21.7. The van der Waals surface area contributed by atoms with Crippen LogP contribution in [-0.4, -0.2) is 31.7 Å². The van der Waals surface area contributed by atoms with Crippen LogP contribution in [0.2, 0.25) is 0 Å². The predicted molar refractivity (Wildman–Crippen MR) is 120 cm³/mol. The average Bonchev–Trinajstić information content (AvgIpc) is 2.81. The highest BCUT2D eigenvalue weighted by Crippen LogP contribution is 2.31. The van der Waals surface area contributed by atoms with Crippen molar-refractivity contribution in [2.45, 2.75) is 17.7 Å². The summed E-state index contributed by atoms with van der Waals surface area (Å²) in [5.41, 5.74) is 0.555. The van der Waals surface area contributed by atoms with Crippen LogP contribution in [0.25, 0.3) is 0 Å². The van der Waals surface area contributed by atoms with Crippen molar-refractivity contribution < 1.29 is 17.9 Å². The van der Waals surface area contributed by atoms with E-state index in [1.54, 1.807) is 42.5 Å².